The molecule has 0 aromatic rings. The highest BCUT2D eigenvalue weighted by Crippen LogP contribution is 1.99. The summed E-state index contributed by atoms with van der Waals surface area (Å²) in [5.41, 5.74) is 0. The van der Waals surface area contributed by atoms with Crippen LogP contribution in [0.25, 0.3) is 0 Å². The van der Waals surface area contributed by atoms with E-state index in [0.717, 1.165) is 4.90 Å². The molecule has 0 heterocycles. The zero-order valence-corrected chi connectivity index (χ0v) is 7.00. The number of hydrogen-bond donors (Lipinski definition) is 1. The summed E-state index contributed by atoms with van der Waals surface area (Å²) >= 11 is 5.21. The zero-order valence-electron chi connectivity index (χ0n) is 6.24. The molecular formula is C5H9ClN2O3. The van der Waals surface area contributed by atoms with Crippen LogP contribution in [-0.2, 0) is 4.79 Å². The van der Waals surface area contributed by atoms with Gasteiger partial charge in [0.1, 0.15) is 6.61 Å². The molecule has 0 radical (unpaired) electrons. The third kappa shape index (κ3) is 2.73. The van der Waals surface area contributed by atoms with Crippen LogP contribution in [0, 0.1) is 0 Å². The number of amides is 3. The van der Waals surface area contributed by atoms with E-state index >= 15 is 0 Å². The predicted molar refractivity (Wildman–Crippen MR) is 38.9 cm³/mol. The number of halogens is 1. The van der Waals surface area contributed by atoms with E-state index in [9.17, 15) is 9.59 Å². The Morgan fingerprint density at radius 1 is 1.45 bits per heavy atom. The Morgan fingerprint density at radius 3 is 2.18 bits per heavy atom. The number of carbonyl (C=O) groups is 2. The van der Waals surface area contributed by atoms with Crippen molar-refractivity contribution in [2.45, 2.75) is 0 Å². The van der Waals surface area contributed by atoms with Crippen molar-refractivity contribution in [3.8, 4) is 0 Å². The van der Waals surface area contributed by atoms with Gasteiger partial charge in [0.25, 0.3) is 5.91 Å². The van der Waals surface area contributed by atoms with E-state index in [2.05, 4.69) is 0 Å². The first kappa shape index (κ1) is 10.2. The summed E-state index contributed by atoms with van der Waals surface area (Å²) < 4.78 is 0.333. The Bertz CT molecular complexity index is 171. The number of aliphatic hydroxyl groups excluding tert-OH is 1. The van der Waals surface area contributed by atoms with Gasteiger partial charge >= 0.3 is 6.03 Å². The second-order valence-electron chi connectivity index (χ2n) is 2.01. The minimum absolute atomic E-state index is 0.333. The van der Waals surface area contributed by atoms with Crippen LogP contribution >= 0.6 is 11.8 Å². The standard InChI is InChI=1S/C5H9ClN2O3/c1-7(2)5(11)8(6)4(10)3-9/h9H,3H2,1-2H3. The van der Waals surface area contributed by atoms with Crippen molar-refractivity contribution < 1.29 is 14.7 Å². The second-order valence-corrected chi connectivity index (χ2v) is 2.35. The van der Waals surface area contributed by atoms with Gasteiger partial charge in [-0.25, -0.2) is 4.79 Å². The summed E-state index contributed by atoms with van der Waals surface area (Å²) in [5.74, 6) is -0.842. The van der Waals surface area contributed by atoms with Gasteiger partial charge in [-0.15, -0.1) is 0 Å². The van der Waals surface area contributed by atoms with E-state index < -0.39 is 18.5 Å². The van der Waals surface area contributed by atoms with Crippen molar-refractivity contribution in [2.75, 3.05) is 20.7 Å². The van der Waals surface area contributed by atoms with E-state index in [1.54, 1.807) is 0 Å². The van der Waals surface area contributed by atoms with Crippen LogP contribution in [0.3, 0.4) is 0 Å². The van der Waals surface area contributed by atoms with Crippen molar-refractivity contribution in [3.05, 3.63) is 0 Å². The van der Waals surface area contributed by atoms with E-state index in [1.165, 1.54) is 14.1 Å². The van der Waals surface area contributed by atoms with Crippen LogP contribution in [0.15, 0.2) is 0 Å². The first-order valence-electron chi connectivity index (χ1n) is 2.81. The van der Waals surface area contributed by atoms with Gasteiger partial charge in [-0.05, 0) is 0 Å². The highest BCUT2D eigenvalue weighted by molar-refractivity contribution is 6.29. The molecule has 11 heavy (non-hydrogen) atoms. The van der Waals surface area contributed by atoms with E-state index in [-0.39, 0.29) is 0 Å². The van der Waals surface area contributed by atoms with Gasteiger partial charge in [-0.1, -0.05) is 0 Å². The van der Waals surface area contributed by atoms with Gasteiger partial charge < -0.3 is 10.0 Å². The fourth-order valence-corrected chi connectivity index (χ4v) is 0.549. The molecule has 0 rings (SSSR count). The lowest BCUT2D eigenvalue weighted by Gasteiger charge is -2.15. The van der Waals surface area contributed by atoms with Crippen molar-refractivity contribution >= 4 is 23.7 Å². The second kappa shape index (κ2) is 4.15. The lowest BCUT2D eigenvalue weighted by Crippen LogP contribution is -2.38. The molecule has 0 unspecified atom stereocenters. The molecule has 0 spiro atoms. The van der Waals surface area contributed by atoms with Crippen molar-refractivity contribution in [2.24, 2.45) is 0 Å². The number of nitrogens with zero attached hydrogens (tertiary/aromatic N) is 2. The molecule has 0 saturated carbocycles. The molecule has 64 valence electrons. The maximum absolute atomic E-state index is 10.8. The van der Waals surface area contributed by atoms with Gasteiger partial charge in [-0.2, -0.15) is 4.42 Å². The molecule has 0 fully saturated rings. The summed E-state index contributed by atoms with van der Waals surface area (Å²) in [6, 6.07) is -0.675. The van der Waals surface area contributed by atoms with Gasteiger partial charge in [0.2, 0.25) is 0 Å². The summed E-state index contributed by atoms with van der Waals surface area (Å²) in [6.45, 7) is -0.775. The lowest BCUT2D eigenvalue weighted by molar-refractivity contribution is -0.127. The van der Waals surface area contributed by atoms with Crippen LogP contribution < -0.4 is 0 Å². The molecule has 3 amide bonds. The minimum Gasteiger partial charge on any atom is -0.386 e. The third-order valence-corrected chi connectivity index (χ3v) is 1.24. The van der Waals surface area contributed by atoms with Gasteiger partial charge in [0.15, 0.2) is 0 Å². The molecule has 0 aromatic carbocycles. The Kier molecular flexibility index (Phi) is 3.84. The molecule has 0 aliphatic carbocycles. The van der Waals surface area contributed by atoms with Crippen LogP contribution in [0.4, 0.5) is 4.79 Å². The van der Waals surface area contributed by atoms with Gasteiger partial charge in [0.05, 0.1) is 0 Å². The summed E-state index contributed by atoms with van der Waals surface area (Å²) in [5, 5.41) is 8.29. The van der Waals surface area contributed by atoms with E-state index in [4.69, 9.17) is 16.9 Å². The molecule has 0 saturated heterocycles. The Balaban J connectivity index is 4.13. The Hall–Kier alpha value is -0.810. The molecule has 6 heteroatoms. The molecule has 0 aliphatic rings. The molecule has 0 aromatic heterocycles. The van der Waals surface area contributed by atoms with Gasteiger partial charge in [-0.3, -0.25) is 4.79 Å². The number of carbonyl (C=O) groups excluding carboxylic acids is 2. The smallest absolute Gasteiger partial charge is 0.341 e. The third-order valence-electron chi connectivity index (χ3n) is 0.905. The summed E-state index contributed by atoms with van der Waals surface area (Å²) in [6.07, 6.45) is 0. The highest BCUT2D eigenvalue weighted by atomic mass is 35.5. The van der Waals surface area contributed by atoms with Crippen molar-refractivity contribution in [1.29, 1.82) is 0 Å². The summed E-state index contributed by atoms with van der Waals surface area (Å²) in [7, 11) is 2.89. The largest absolute Gasteiger partial charge is 0.386 e. The molecular weight excluding hydrogens is 172 g/mol. The van der Waals surface area contributed by atoms with Crippen LogP contribution in [-0.4, -0.2) is 47.1 Å². The zero-order chi connectivity index (χ0) is 9.02. The quantitative estimate of drug-likeness (QED) is 0.561. The number of rotatable bonds is 1. The monoisotopic (exact) mass is 180 g/mol. The fourth-order valence-electron chi connectivity index (χ4n) is 0.344. The first-order chi connectivity index (χ1) is 5.00. The number of imide groups is 1. The molecule has 0 bridgehead atoms. The topological polar surface area (TPSA) is 60.9 Å². The average Bonchev–Trinajstić information content (AvgIpc) is 2.00. The van der Waals surface area contributed by atoms with Crippen LogP contribution in [0.2, 0.25) is 0 Å². The number of aliphatic hydroxyl groups is 1. The van der Waals surface area contributed by atoms with Crippen molar-refractivity contribution in [3.63, 3.8) is 0 Å². The highest BCUT2D eigenvalue weighted by Gasteiger charge is 2.19. The van der Waals surface area contributed by atoms with E-state index in [1.807, 2.05) is 0 Å². The normalized spacial score (nSPS) is 9.09. The first-order valence-corrected chi connectivity index (χ1v) is 3.15. The minimum atomic E-state index is -0.842. The van der Waals surface area contributed by atoms with Crippen molar-refractivity contribution in [1.82, 2.24) is 9.32 Å². The molecule has 0 atom stereocenters. The number of hydrogen-bond acceptors (Lipinski definition) is 3. The summed E-state index contributed by atoms with van der Waals surface area (Å²) in [4.78, 5) is 22.5. The molecule has 5 nitrogen and oxygen atoms in total. The number of urea groups is 1. The maximum atomic E-state index is 10.8. The van der Waals surface area contributed by atoms with Crippen LogP contribution in [0.5, 0.6) is 0 Å². The maximum Gasteiger partial charge on any atom is 0.341 e. The fraction of sp³-hybridized carbons (Fsp3) is 0.600. The van der Waals surface area contributed by atoms with Gasteiger partial charge in [0, 0.05) is 25.9 Å². The lowest BCUT2D eigenvalue weighted by atomic mass is 10.6. The predicted octanol–water partition coefficient (Wildman–Crippen LogP) is -0.357. The van der Waals surface area contributed by atoms with E-state index in [0.29, 0.717) is 4.42 Å². The Morgan fingerprint density at radius 2 is 1.91 bits per heavy atom. The molecule has 1 N–H and O–H groups in total. The molecule has 0 aliphatic heterocycles. The van der Waals surface area contributed by atoms with Crippen LogP contribution in [0.1, 0.15) is 0 Å². The Labute approximate surface area is 69.3 Å². The average molecular weight is 181 g/mol. The SMILES string of the molecule is CN(C)C(=O)N(Cl)C(=O)CO.